The van der Waals surface area contributed by atoms with Crippen molar-refractivity contribution >= 4 is 0 Å². The summed E-state index contributed by atoms with van der Waals surface area (Å²) in [5.74, 6) is -2.81. The second-order valence-electron chi connectivity index (χ2n) is 2.27. The van der Waals surface area contributed by atoms with Gasteiger partial charge < -0.3 is 5.11 Å². The monoisotopic (exact) mass is 195 g/mol. The first-order chi connectivity index (χ1) is 6.06. The third kappa shape index (κ3) is 1.95. The van der Waals surface area contributed by atoms with E-state index >= 15 is 0 Å². The molecule has 0 atom stereocenters. The molecule has 0 spiro atoms. The second-order valence-corrected chi connectivity index (χ2v) is 2.27. The highest BCUT2D eigenvalue weighted by Crippen LogP contribution is 2.25. The fourth-order valence-corrected chi connectivity index (χ4v) is 0.901. The lowest BCUT2D eigenvalue weighted by Crippen LogP contribution is -2.03. The molecule has 0 saturated carbocycles. The van der Waals surface area contributed by atoms with Gasteiger partial charge in [-0.25, -0.2) is 8.78 Å². The van der Waals surface area contributed by atoms with Gasteiger partial charge in [0.2, 0.25) is 11.9 Å². The maximum atomic E-state index is 12.6. The number of aromatic nitrogens is 1. The van der Waals surface area contributed by atoms with Crippen molar-refractivity contribution in [1.82, 2.24) is 4.98 Å². The third-order valence-corrected chi connectivity index (χ3v) is 1.46. The average molecular weight is 195 g/mol. The van der Waals surface area contributed by atoms with E-state index in [1.807, 2.05) is 0 Å². The Hall–Kier alpha value is -1.17. The van der Waals surface area contributed by atoms with E-state index in [-0.39, 0.29) is 0 Å². The van der Waals surface area contributed by atoms with E-state index in [2.05, 4.69) is 4.98 Å². The van der Waals surface area contributed by atoms with Crippen LogP contribution in [0.1, 0.15) is 17.6 Å². The first-order valence-corrected chi connectivity index (χ1v) is 3.30. The van der Waals surface area contributed by atoms with Gasteiger partial charge in [-0.2, -0.15) is 13.8 Å². The van der Waals surface area contributed by atoms with Gasteiger partial charge in [-0.15, -0.1) is 0 Å². The van der Waals surface area contributed by atoms with E-state index in [1.165, 1.54) is 0 Å². The van der Waals surface area contributed by atoms with Crippen LogP contribution in [0.4, 0.5) is 17.6 Å². The highest BCUT2D eigenvalue weighted by Gasteiger charge is 2.20. The Morgan fingerprint density at radius 3 is 2.46 bits per heavy atom. The minimum atomic E-state index is -3.12. The van der Waals surface area contributed by atoms with Crippen LogP contribution in [0.3, 0.4) is 0 Å². The van der Waals surface area contributed by atoms with Crippen molar-refractivity contribution in [3.63, 3.8) is 0 Å². The number of nitrogens with zero attached hydrogens (tertiary/aromatic N) is 1. The summed E-state index contributed by atoms with van der Waals surface area (Å²) < 4.78 is 49.1. The van der Waals surface area contributed by atoms with Gasteiger partial charge in [-0.1, -0.05) is 0 Å². The van der Waals surface area contributed by atoms with Crippen molar-refractivity contribution < 1.29 is 22.7 Å². The summed E-state index contributed by atoms with van der Waals surface area (Å²) in [5, 5.41) is 8.52. The third-order valence-electron chi connectivity index (χ3n) is 1.46. The summed E-state index contributed by atoms with van der Waals surface area (Å²) >= 11 is 0. The quantitative estimate of drug-likeness (QED) is 0.576. The van der Waals surface area contributed by atoms with Crippen LogP contribution in [-0.4, -0.2) is 10.1 Å². The molecule has 0 amide bonds. The number of pyridine rings is 1. The molecule has 0 radical (unpaired) electrons. The molecule has 0 saturated heterocycles. The molecule has 1 N–H and O–H groups in total. The van der Waals surface area contributed by atoms with Crippen LogP contribution in [0.2, 0.25) is 0 Å². The lowest BCUT2D eigenvalue weighted by atomic mass is 10.1. The highest BCUT2D eigenvalue weighted by atomic mass is 19.3. The molecule has 2 nitrogen and oxygen atoms in total. The zero-order chi connectivity index (χ0) is 10.0. The molecule has 6 heteroatoms. The van der Waals surface area contributed by atoms with Crippen molar-refractivity contribution in [2.24, 2.45) is 0 Å². The Morgan fingerprint density at radius 2 is 2.00 bits per heavy atom. The Kier molecular flexibility index (Phi) is 2.82. The van der Waals surface area contributed by atoms with E-state index in [9.17, 15) is 17.6 Å². The van der Waals surface area contributed by atoms with Crippen LogP contribution in [0.25, 0.3) is 0 Å². The van der Waals surface area contributed by atoms with Gasteiger partial charge >= 0.3 is 0 Å². The lowest BCUT2D eigenvalue weighted by Gasteiger charge is -2.06. The molecule has 1 heterocycles. The van der Waals surface area contributed by atoms with Gasteiger partial charge in [0.15, 0.2) is 0 Å². The molecule has 0 fully saturated rings. The summed E-state index contributed by atoms with van der Waals surface area (Å²) in [5.41, 5.74) is -1.54. The largest absolute Gasteiger partial charge is 0.392 e. The summed E-state index contributed by atoms with van der Waals surface area (Å²) in [6, 6.07) is 0.574. The van der Waals surface area contributed by atoms with Gasteiger partial charge in [0.25, 0.3) is 6.43 Å². The maximum absolute atomic E-state index is 12.6. The van der Waals surface area contributed by atoms with E-state index < -0.39 is 36.1 Å². The molecule has 13 heavy (non-hydrogen) atoms. The first-order valence-electron chi connectivity index (χ1n) is 3.30. The van der Waals surface area contributed by atoms with E-state index in [0.29, 0.717) is 6.07 Å². The molecule has 0 unspecified atom stereocenters. The Balaban J connectivity index is 3.30. The Labute approximate surface area is 70.8 Å². The topological polar surface area (TPSA) is 33.1 Å². The summed E-state index contributed by atoms with van der Waals surface area (Å²) in [4.78, 5) is 2.58. The van der Waals surface area contributed by atoms with Crippen molar-refractivity contribution in [2.75, 3.05) is 0 Å². The zero-order valence-corrected chi connectivity index (χ0v) is 6.27. The number of hydrogen-bond acceptors (Lipinski definition) is 2. The number of rotatable bonds is 2. The molecular formula is C7H5F4NO. The zero-order valence-electron chi connectivity index (χ0n) is 6.27. The van der Waals surface area contributed by atoms with Crippen molar-refractivity contribution in [3.8, 4) is 0 Å². The van der Waals surface area contributed by atoms with Crippen LogP contribution < -0.4 is 0 Å². The molecule has 0 bridgehead atoms. The van der Waals surface area contributed by atoms with E-state index in [4.69, 9.17) is 5.11 Å². The van der Waals surface area contributed by atoms with E-state index in [1.54, 1.807) is 0 Å². The molecule has 72 valence electrons. The fourth-order valence-electron chi connectivity index (χ4n) is 0.901. The molecule has 0 aliphatic heterocycles. The standard InChI is InChI=1S/C7H5F4NO/c8-4-1-3(2-13)5(6(9)10)7(11)12-4/h1,6,13H,2H2. The van der Waals surface area contributed by atoms with Crippen LogP contribution >= 0.6 is 0 Å². The number of halogens is 4. The molecule has 1 rings (SSSR count). The summed E-state index contributed by atoms with van der Waals surface area (Å²) in [6.45, 7) is -0.851. The van der Waals surface area contributed by atoms with Crippen LogP contribution in [0.5, 0.6) is 0 Å². The highest BCUT2D eigenvalue weighted by molar-refractivity contribution is 5.25. The molecular weight excluding hydrogens is 190 g/mol. The van der Waals surface area contributed by atoms with Crippen LogP contribution in [-0.2, 0) is 6.61 Å². The predicted octanol–water partition coefficient (Wildman–Crippen LogP) is 1.79. The Morgan fingerprint density at radius 1 is 1.38 bits per heavy atom. The Bertz CT molecular complexity index is 316. The lowest BCUT2D eigenvalue weighted by molar-refractivity contribution is 0.140. The molecule has 0 aromatic carbocycles. The summed E-state index contributed by atoms with van der Waals surface area (Å²) in [6.07, 6.45) is -3.12. The number of aliphatic hydroxyl groups is 1. The van der Waals surface area contributed by atoms with Gasteiger partial charge in [-0.05, 0) is 11.6 Å². The number of alkyl halides is 2. The van der Waals surface area contributed by atoms with Gasteiger partial charge in [0, 0.05) is 0 Å². The van der Waals surface area contributed by atoms with Crippen molar-refractivity contribution in [2.45, 2.75) is 13.0 Å². The second kappa shape index (κ2) is 3.69. The number of aliphatic hydroxyl groups excluding tert-OH is 1. The SMILES string of the molecule is OCc1cc(F)nc(F)c1C(F)F. The van der Waals surface area contributed by atoms with Gasteiger partial charge in [0.05, 0.1) is 12.2 Å². The molecule has 1 aromatic heterocycles. The molecule has 0 aliphatic rings. The number of hydrogen-bond donors (Lipinski definition) is 1. The minimum absolute atomic E-state index is 0.486. The average Bonchev–Trinajstić information content (AvgIpc) is 2.01. The van der Waals surface area contributed by atoms with Crippen molar-refractivity contribution in [1.29, 1.82) is 0 Å². The molecule has 1 aromatic rings. The van der Waals surface area contributed by atoms with Gasteiger partial charge in [0.1, 0.15) is 0 Å². The summed E-state index contributed by atoms with van der Waals surface area (Å²) in [7, 11) is 0. The fraction of sp³-hybridized carbons (Fsp3) is 0.286. The minimum Gasteiger partial charge on any atom is -0.392 e. The first kappa shape index (κ1) is 9.91. The smallest absolute Gasteiger partial charge is 0.268 e. The van der Waals surface area contributed by atoms with Crippen molar-refractivity contribution in [3.05, 3.63) is 29.1 Å². The maximum Gasteiger partial charge on any atom is 0.268 e. The normalized spacial score (nSPS) is 10.9. The predicted molar refractivity (Wildman–Crippen MR) is 35.0 cm³/mol. The van der Waals surface area contributed by atoms with E-state index in [0.717, 1.165) is 0 Å². The van der Waals surface area contributed by atoms with Crippen LogP contribution in [0.15, 0.2) is 6.07 Å². The van der Waals surface area contributed by atoms with Gasteiger partial charge in [-0.3, -0.25) is 0 Å². The van der Waals surface area contributed by atoms with Crippen LogP contribution in [0, 0.1) is 11.9 Å². The molecule has 0 aliphatic carbocycles.